The van der Waals surface area contributed by atoms with Crippen molar-refractivity contribution >= 4 is 0 Å². The second kappa shape index (κ2) is 4.14. The molecule has 0 aliphatic carbocycles. The van der Waals surface area contributed by atoms with Gasteiger partial charge in [0.25, 0.3) is 0 Å². The number of rotatable bonds is 2. The molecule has 2 N–H and O–H groups in total. The fourth-order valence-electron chi connectivity index (χ4n) is 1.31. The van der Waals surface area contributed by atoms with E-state index >= 15 is 0 Å². The van der Waals surface area contributed by atoms with Gasteiger partial charge in [0, 0.05) is 12.1 Å². The summed E-state index contributed by atoms with van der Waals surface area (Å²) in [6, 6.07) is 8.03. The third-order valence-electron chi connectivity index (χ3n) is 2.05. The number of benzene rings is 1. The molecular weight excluding hydrogens is 193 g/mol. The lowest BCUT2D eigenvalue weighted by molar-refractivity contribution is 0.628. The Morgan fingerprint density at radius 2 is 2.07 bits per heavy atom. The predicted octanol–water partition coefficient (Wildman–Crippen LogP) is 1.74. The van der Waals surface area contributed by atoms with Crippen LogP contribution in [0, 0.1) is 5.82 Å². The first-order chi connectivity index (χ1) is 7.29. The zero-order valence-electron chi connectivity index (χ0n) is 8.02. The molecule has 0 aliphatic heterocycles. The van der Waals surface area contributed by atoms with Crippen molar-refractivity contribution in [1.29, 1.82) is 0 Å². The van der Waals surface area contributed by atoms with E-state index in [-0.39, 0.29) is 5.82 Å². The molecule has 0 fully saturated rings. The number of hydrogen-bond donors (Lipinski definition) is 1. The quantitative estimate of drug-likeness (QED) is 0.808. The van der Waals surface area contributed by atoms with Gasteiger partial charge in [-0.1, -0.05) is 12.1 Å². The average Bonchev–Trinajstić information content (AvgIpc) is 2.29. The maximum Gasteiger partial charge on any atom is 0.123 e. The van der Waals surface area contributed by atoms with Crippen molar-refractivity contribution in [2.75, 3.05) is 0 Å². The zero-order chi connectivity index (χ0) is 10.7. The topological polar surface area (TPSA) is 51.8 Å². The Morgan fingerprint density at radius 3 is 2.80 bits per heavy atom. The van der Waals surface area contributed by atoms with E-state index in [9.17, 15) is 4.39 Å². The van der Waals surface area contributed by atoms with Crippen LogP contribution in [0.3, 0.4) is 0 Å². The van der Waals surface area contributed by atoms with Gasteiger partial charge in [-0.05, 0) is 18.2 Å². The first-order valence-electron chi connectivity index (χ1n) is 4.56. The number of halogens is 1. The molecule has 0 unspecified atom stereocenters. The van der Waals surface area contributed by atoms with Crippen molar-refractivity contribution < 1.29 is 4.39 Å². The van der Waals surface area contributed by atoms with E-state index in [2.05, 4.69) is 9.97 Å². The summed E-state index contributed by atoms with van der Waals surface area (Å²) in [5, 5.41) is 0. The standard InChI is InChI=1S/C11H10FN3/c12-9-3-1-2-8(4-9)11-5-10(6-13)14-7-15-11/h1-5,7H,6,13H2. The highest BCUT2D eigenvalue weighted by Crippen LogP contribution is 2.17. The summed E-state index contributed by atoms with van der Waals surface area (Å²) >= 11 is 0. The van der Waals surface area contributed by atoms with Gasteiger partial charge in [-0.25, -0.2) is 14.4 Å². The molecule has 3 nitrogen and oxygen atoms in total. The Kier molecular flexibility index (Phi) is 2.69. The Bertz CT molecular complexity index is 471. The van der Waals surface area contributed by atoms with Gasteiger partial charge >= 0.3 is 0 Å². The van der Waals surface area contributed by atoms with E-state index in [1.807, 2.05) is 0 Å². The summed E-state index contributed by atoms with van der Waals surface area (Å²) in [6.45, 7) is 0.352. The van der Waals surface area contributed by atoms with Crippen molar-refractivity contribution in [1.82, 2.24) is 9.97 Å². The summed E-state index contributed by atoms with van der Waals surface area (Å²) in [6.07, 6.45) is 1.43. The molecule has 76 valence electrons. The first-order valence-corrected chi connectivity index (χ1v) is 4.56. The smallest absolute Gasteiger partial charge is 0.123 e. The molecule has 1 heterocycles. The van der Waals surface area contributed by atoms with E-state index in [0.29, 0.717) is 12.2 Å². The van der Waals surface area contributed by atoms with Crippen molar-refractivity contribution in [3.8, 4) is 11.3 Å². The predicted molar refractivity (Wildman–Crippen MR) is 55.3 cm³/mol. The van der Waals surface area contributed by atoms with Gasteiger partial charge in [0.2, 0.25) is 0 Å². The second-order valence-electron chi connectivity index (χ2n) is 3.11. The van der Waals surface area contributed by atoms with Gasteiger partial charge < -0.3 is 5.73 Å². The summed E-state index contributed by atoms with van der Waals surface area (Å²) in [4.78, 5) is 8.04. The third kappa shape index (κ3) is 2.16. The molecule has 0 spiro atoms. The summed E-state index contributed by atoms with van der Waals surface area (Å²) in [5.74, 6) is -0.277. The van der Waals surface area contributed by atoms with Crippen LogP contribution < -0.4 is 5.73 Å². The second-order valence-corrected chi connectivity index (χ2v) is 3.11. The Balaban J connectivity index is 2.44. The van der Waals surface area contributed by atoms with Gasteiger partial charge in [0.15, 0.2) is 0 Å². The molecule has 0 saturated heterocycles. The summed E-state index contributed by atoms with van der Waals surface area (Å²) in [7, 11) is 0. The molecular formula is C11H10FN3. The Morgan fingerprint density at radius 1 is 1.20 bits per heavy atom. The molecule has 2 rings (SSSR count). The SMILES string of the molecule is NCc1cc(-c2cccc(F)c2)ncn1. The van der Waals surface area contributed by atoms with Crippen molar-refractivity contribution in [2.45, 2.75) is 6.54 Å². The highest BCUT2D eigenvalue weighted by molar-refractivity contribution is 5.58. The van der Waals surface area contributed by atoms with Crippen LogP contribution in [0.15, 0.2) is 36.7 Å². The number of hydrogen-bond acceptors (Lipinski definition) is 3. The zero-order valence-corrected chi connectivity index (χ0v) is 8.02. The minimum absolute atomic E-state index is 0.277. The molecule has 0 atom stereocenters. The van der Waals surface area contributed by atoms with Crippen LogP contribution in [0.2, 0.25) is 0 Å². The van der Waals surface area contributed by atoms with Gasteiger partial charge in [-0.3, -0.25) is 0 Å². The van der Waals surface area contributed by atoms with Crippen LogP contribution in [0.25, 0.3) is 11.3 Å². The molecule has 0 radical (unpaired) electrons. The molecule has 1 aromatic carbocycles. The van der Waals surface area contributed by atoms with Gasteiger partial charge in [-0.15, -0.1) is 0 Å². The van der Waals surface area contributed by atoms with E-state index in [1.54, 1.807) is 18.2 Å². The Labute approximate surface area is 86.8 Å². The van der Waals surface area contributed by atoms with Crippen molar-refractivity contribution in [3.05, 3.63) is 48.2 Å². The maximum absolute atomic E-state index is 13.0. The normalized spacial score (nSPS) is 10.3. The fourth-order valence-corrected chi connectivity index (χ4v) is 1.31. The summed E-state index contributed by atoms with van der Waals surface area (Å²) < 4.78 is 13.0. The van der Waals surface area contributed by atoms with E-state index < -0.39 is 0 Å². The molecule has 15 heavy (non-hydrogen) atoms. The van der Waals surface area contributed by atoms with E-state index in [4.69, 9.17) is 5.73 Å². The minimum atomic E-state index is -0.277. The van der Waals surface area contributed by atoms with Crippen LogP contribution in [0.5, 0.6) is 0 Å². The molecule has 0 amide bonds. The molecule has 2 aromatic rings. The summed E-state index contributed by atoms with van der Waals surface area (Å²) in [5.41, 5.74) is 7.62. The largest absolute Gasteiger partial charge is 0.325 e. The van der Waals surface area contributed by atoms with Crippen LogP contribution in [-0.2, 0) is 6.54 Å². The first kappa shape index (κ1) is 9.73. The lowest BCUT2D eigenvalue weighted by Gasteiger charge is -2.02. The van der Waals surface area contributed by atoms with Crippen LogP contribution >= 0.6 is 0 Å². The molecule has 0 saturated carbocycles. The van der Waals surface area contributed by atoms with E-state index in [1.165, 1.54) is 18.5 Å². The van der Waals surface area contributed by atoms with Crippen LogP contribution in [0.4, 0.5) is 4.39 Å². The highest BCUT2D eigenvalue weighted by Gasteiger charge is 2.01. The monoisotopic (exact) mass is 203 g/mol. The minimum Gasteiger partial charge on any atom is -0.325 e. The lowest BCUT2D eigenvalue weighted by atomic mass is 10.1. The highest BCUT2D eigenvalue weighted by atomic mass is 19.1. The molecule has 0 aliphatic rings. The van der Waals surface area contributed by atoms with Crippen LogP contribution in [0.1, 0.15) is 5.69 Å². The number of nitrogens with two attached hydrogens (primary N) is 1. The Hall–Kier alpha value is -1.81. The third-order valence-corrected chi connectivity index (χ3v) is 2.05. The van der Waals surface area contributed by atoms with Crippen LogP contribution in [-0.4, -0.2) is 9.97 Å². The fraction of sp³-hybridized carbons (Fsp3) is 0.0909. The number of nitrogens with zero attached hydrogens (tertiary/aromatic N) is 2. The van der Waals surface area contributed by atoms with Gasteiger partial charge in [-0.2, -0.15) is 0 Å². The maximum atomic E-state index is 13.0. The molecule has 1 aromatic heterocycles. The number of aromatic nitrogens is 2. The van der Waals surface area contributed by atoms with E-state index in [0.717, 1.165) is 11.3 Å². The van der Waals surface area contributed by atoms with Gasteiger partial charge in [0.05, 0.1) is 11.4 Å². The average molecular weight is 203 g/mol. The molecule has 4 heteroatoms. The van der Waals surface area contributed by atoms with Gasteiger partial charge in [0.1, 0.15) is 12.1 Å². The van der Waals surface area contributed by atoms with Crippen molar-refractivity contribution in [3.63, 3.8) is 0 Å². The van der Waals surface area contributed by atoms with Crippen molar-refractivity contribution in [2.24, 2.45) is 5.73 Å². The molecule has 0 bridgehead atoms. The lowest BCUT2D eigenvalue weighted by Crippen LogP contribution is -2.00.